The summed E-state index contributed by atoms with van der Waals surface area (Å²) in [4.78, 5) is 9.39. The minimum atomic E-state index is 0.498. The second-order valence-electron chi connectivity index (χ2n) is 10.3. The van der Waals surface area contributed by atoms with Gasteiger partial charge in [0.1, 0.15) is 0 Å². The van der Waals surface area contributed by atoms with E-state index in [0.717, 1.165) is 12.5 Å². The van der Waals surface area contributed by atoms with Crippen LogP contribution >= 0.6 is 0 Å². The Morgan fingerprint density at radius 3 is 1.66 bits per heavy atom. The molecule has 2 nitrogen and oxygen atoms in total. The molecule has 0 saturated carbocycles. The second-order valence-corrected chi connectivity index (χ2v) is 10.3. The Kier molecular flexibility index (Phi) is 26.0. The quantitative estimate of drug-likeness (QED) is 0.0979. The van der Waals surface area contributed by atoms with Crippen molar-refractivity contribution in [1.29, 1.82) is 0 Å². The van der Waals surface area contributed by atoms with Gasteiger partial charge in [0.2, 0.25) is 0 Å². The zero-order chi connectivity index (χ0) is 23.5. The SMILES string of the molecule is CCCCCCCCCC=NCCCCC(C)CCC(C)N=CCCCCCCCCC. The van der Waals surface area contributed by atoms with Crippen LogP contribution in [0.1, 0.15) is 163 Å². The van der Waals surface area contributed by atoms with Crippen molar-refractivity contribution in [3.05, 3.63) is 0 Å². The van der Waals surface area contributed by atoms with E-state index in [1.54, 1.807) is 0 Å². The Hall–Kier alpha value is -0.660. The molecule has 32 heavy (non-hydrogen) atoms. The highest BCUT2D eigenvalue weighted by molar-refractivity contribution is 5.57. The van der Waals surface area contributed by atoms with E-state index in [1.165, 1.54) is 135 Å². The monoisotopic (exact) mass is 448 g/mol. The lowest BCUT2D eigenvalue weighted by Crippen LogP contribution is -2.03. The first kappa shape index (κ1) is 31.3. The number of hydrogen-bond donors (Lipinski definition) is 0. The summed E-state index contributed by atoms with van der Waals surface area (Å²) >= 11 is 0. The maximum Gasteiger partial charge on any atom is 0.0467 e. The van der Waals surface area contributed by atoms with Crippen LogP contribution in [0.5, 0.6) is 0 Å². The Labute approximate surface area is 203 Å². The van der Waals surface area contributed by atoms with Gasteiger partial charge in [-0.2, -0.15) is 0 Å². The van der Waals surface area contributed by atoms with Gasteiger partial charge in [-0.1, -0.05) is 111 Å². The standard InChI is InChI=1S/C30H60N2/c1-5-7-9-11-13-15-17-20-26-31-27-22-19-23-29(3)24-25-30(4)32-28-21-18-16-14-12-10-8-6-2/h26,28-30H,5-25,27H2,1-4H3. The van der Waals surface area contributed by atoms with Crippen LogP contribution in [-0.4, -0.2) is 25.0 Å². The molecular formula is C30H60N2. The summed E-state index contributed by atoms with van der Waals surface area (Å²) in [6.45, 7) is 10.3. The van der Waals surface area contributed by atoms with E-state index >= 15 is 0 Å². The predicted octanol–water partition coefficient (Wildman–Crippen LogP) is 10.4. The molecule has 0 radical (unpaired) electrons. The summed E-state index contributed by atoms with van der Waals surface area (Å²) in [6, 6.07) is 0.498. The van der Waals surface area contributed by atoms with Gasteiger partial charge in [0.05, 0.1) is 0 Å². The largest absolute Gasteiger partial charge is 0.298 e. The Balaban J connectivity index is 3.43. The molecule has 0 aliphatic carbocycles. The van der Waals surface area contributed by atoms with Gasteiger partial charge in [0.15, 0.2) is 0 Å². The molecule has 2 atom stereocenters. The Bertz CT molecular complexity index is 402. The fourth-order valence-electron chi connectivity index (χ4n) is 4.26. The van der Waals surface area contributed by atoms with E-state index in [0.29, 0.717) is 6.04 Å². The number of nitrogens with zero attached hydrogens (tertiary/aromatic N) is 2. The predicted molar refractivity (Wildman–Crippen MR) is 149 cm³/mol. The molecule has 2 heteroatoms. The molecule has 0 aromatic heterocycles. The molecule has 0 saturated heterocycles. The summed E-state index contributed by atoms with van der Waals surface area (Å²) in [5.41, 5.74) is 0. The molecule has 0 amide bonds. The fourth-order valence-corrected chi connectivity index (χ4v) is 4.26. The van der Waals surface area contributed by atoms with Gasteiger partial charge in [-0.05, 0) is 70.2 Å². The third kappa shape index (κ3) is 25.6. The van der Waals surface area contributed by atoms with Crippen molar-refractivity contribution in [3.63, 3.8) is 0 Å². The van der Waals surface area contributed by atoms with Crippen LogP contribution in [0.15, 0.2) is 9.98 Å². The lowest BCUT2D eigenvalue weighted by atomic mass is 9.97. The summed E-state index contributed by atoms with van der Waals surface area (Å²) in [5.74, 6) is 0.826. The summed E-state index contributed by atoms with van der Waals surface area (Å²) < 4.78 is 0. The van der Waals surface area contributed by atoms with E-state index in [2.05, 4.69) is 45.1 Å². The van der Waals surface area contributed by atoms with Gasteiger partial charge in [-0.3, -0.25) is 9.98 Å². The molecular weight excluding hydrogens is 388 g/mol. The van der Waals surface area contributed by atoms with Gasteiger partial charge < -0.3 is 0 Å². The summed E-state index contributed by atoms with van der Waals surface area (Å²) in [7, 11) is 0. The Morgan fingerprint density at radius 2 is 1.06 bits per heavy atom. The van der Waals surface area contributed by atoms with Gasteiger partial charge >= 0.3 is 0 Å². The molecule has 0 heterocycles. The minimum absolute atomic E-state index is 0.498. The van der Waals surface area contributed by atoms with Crippen molar-refractivity contribution in [2.75, 3.05) is 6.54 Å². The first-order valence-corrected chi connectivity index (χ1v) is 14.7. The molecule has 0 aliphatic heterocycles. The molecule has 0 rings (SSSR count). The molecule has 190 valence electrons. The average molecular weight is 449 g/mol. The van der Waals surface area contributed by atoms with Gasteiger partial charge in [-0.25, -0.2) is 0 Å². The molecule has 0 bridgehead atoms. The summed E-state index contributed by atoms with van der Waals surface area (Å²) in [5, 5.41) is 0. The van der Waals surface area contributed by atoms with Crippen LogP contribution < -0.4 is 0 Å². The zero-order valence-electron chi connectivity index (χ0n) is 22.8. The van der Waals surface area contributed by atoms with Crippen molar-refractivity contribution in [1.82, 2.24) is 0 Å². The van der Waals surface area contributed by atoms with Crippen molar-refractivity contribution < 1.29 is 0 Å². The third-order valence-electron chi connectivity index (χ3n) is 6.67. The number of unbranched alkanes of at least 4 members (excludes halogenated alkanes) is 15. The zero-order valence-corrected chi connectivity index (χ0v) is 22.8. The van der Waals surface area contributed by atoms with E-state index < -0.39 is 0 Å². The Morgan fingerprint density at radius 1 is 0.531 bits per heavy atom. The lowest BCUT2D eigenvalue weighted by Gasteiger charge is -2.12. The van der Waals surface area contributed by atoms with Crippen molar-refractivity contribution >= 4 is 12.4 Å². The van der Waals surface area contributed by atoms with Gasteiger partial charge in [0, 0.05) is 12.6 Å². The normalized spacial score (nSPS) is 14.0. The maximum atomic E-state index is 4.77. The van der Waals surface area contributed by atoms with Crippen LogP contribution in [0.3, 0.4) is 0 Å². The molecule has 0 aromatic rings. The highest BCUT2D eigenvalue weighted by atomic mass is 14.7. The lowest BCUT2D eigenvalue weighted by molar-refractivity contribution is 0.436. The van der Waals surface area contributed by atoms with Crippen molar-refractivity contribution in [2.45, 2.75) is 169 Å². The molecule has 0 aliphatic rings. The highest BCUT2D eigenvalue weighted by Crippen LogP contribution is 2.16. The minimum Gasteiger partial charge on any atom is -0.298 e. The summed E-state index contributed by atoms with van der Waals surface area (Å²) in [6.07, 6.45) is 32.7. The van der Waals surface area contributed by atoms with Crippen LogP contribution in [0.4, 0.5) is 0 Å². The third-order valence-corrected chi connectivity index (χ3v) is 6.67. The van der Waals surface area contributed by atoms with Crippen molar-refractivity contribution in [2.24, 2.45) is 15.9 Å². The maximum absolute atomic E-state index is 4.77. The molecule has 2 unspecified atom stereocenters. The molecule has 0 N–H and O–H groups in total. The van der Waals surface area contributed by atoms with Gasteiger partial charge in [0.25, 0.3) is 0 Å². The number of rotatable bonds is 25. The van der Waals surface area contributed by atoms with E-state index in [4.69, 9.17) is 4.99 Å². The second kappa shape index (κ2) is 26.6. The first-order chi connectivity index (χ1) is 15.7. The highest BCUT2D eigenvalue weighted by Gasteiger charge is 2.05. The van der Waals surface area contributed by atoms with Crippen LogP contribution in [0.25, 0.3) is 0 Å². The van der Waals surface area contributed by atoms with Crippen LogP contribution in [0.2, 0.25) is 0 Å². The average Bonchev–Trinajstić information content (AvgIpc) is 2.79. The number of aliphatic imine (C=N–C) groups is 2. The molecule has 0 spiro atoms. The number of hydrogen-bond acceptors (Lipinski definition) is 2. The van der Waals surface area contributed by atoms with Crippen LogP contribution in [0, 0.1) is 5.92 Å². The van der Waals surface area contributed by atoms with Crippen molar-refractivity contribution in [3.8, 4) is 0 Å². The fraction of sp³-hybridized carbons (Fsp3) is 0.933. The van der Waals surface area contributed by atoms with E-state index in [-0.39, 0.29) is 0 Å². The van der Waals surface area contributed by atoms with E-state index in [1.807, 2.05) is 0 Å². The first-order valence-electron chi connectivity index (χ1n) is 14.7. The van der Waals surface area contributed by atoms with Crippen LogP contribution in [-0.2, 0) is 0 Å². The molecule has 0 aromatic carbocycles. The van der Waals surface area contributed by atoms with E-state index in [9.17, 15) is 0 Å². The van der Waals surface area contributed by atoms with Gasteiger partial charge in [-0.15, -0.1) is 0 Å². The molecule has 0 fully saturated rings. The topological polar surface area (TPSA) is 24.7 Å². The smallest absolute Gasteiger partial charge is 0.0467 e.